The van der Waals surface area contributed by atoms with Gasteiger partial charge in [0.1, 0.15) is 4.99 Å². The van der Waals surface area contributed by atoms with Crippen molar-refractivity contribution >= 4 is 28.6 Å². The first-order chi connectivity index (χ1) is 12.6. The summed E-state index contributed by atoms with van der Waals surface area (Å²) in [7, 11) is 0. The van der Waals surface area contributed by atoms with E-state index in [4.69, 9.17) is 12.2 Å². The Labute approximate surface area is 163 Å². The smallest absolute Gasteiger partial charge is 0.109 e. The predicted octanol–water partition coefficient (Wildman–Crippen LogP) is 4.34. The second kappa shape index (κ2) is 8.54. The Morgan fingerprint density at radius 1 is 0.962 bits per heavy atom. The SMILES string of the molecule is CCN(CC)c1ccc(C(=S)N2CCN(c3cccc(C)c3)CC2)cc1. The van der Waals surface area contributed by atoms with E-state index in [1.165, 1.54) is 16.9 Å². The predicted molar refractivity (Wildman–Crippen MR) is 117 cm³/mol. The summed E-state index contributed by atoms with van der Waals surface area (Å²) in [6.45, 7) is 12.6. The van der Waals surface area contributed by atoms with Gasteiger partial charge < -0.3 is 14.7 Å². The van der Waals surface area contributed by atoms with Crippen LogP contribution in [0, 0.1) is 6.92 Å². The third-order valence-electron chi connectivity index (χ3n) is 5.18. The second-order valence-corrected chi connectivity index (χ2v) is 7.22. The highest BCUT2D eigenvalue weighted by molar-refractivity contribution is 7.80. The van der Waals surface area contributed by atoms with Crippen molar-refractivity contribution in [2.24, 2.45) is 0 Å². The van der Waals surface area contributed by atoms with Crippen LogP contribution in [0.15, 0.2) is 48.5 Å². The minimum Gasteiger partial charge on any atom is -0.372 e. The van der Waals surface area contributed by atoms with Gasteiger partial charge in [-0.05, 0) is 62.7 Å². The Kier molecular flexibility index (Phi) is 6.15. The molecule has 1 fully saturated rings. The zero-order chi connectivity index (χ0) is 18.5. The number of nitrogens with zero attached hydrogens (tertiary/aromatic N) is 3. The van der Waals surface area contributed by atoms with Gasteiger partial charge in [0, 0.05) is 56.2 Å². The van der Waals surface area contributed by atoms with Crippen molar-refractivity contribution in [2.75, 3.05) is 49.1 Å². The maximum Gasteiger partial charge on any atom is 0.109 e. The van der Waals surface area contributed by atoms with Gasteiger partial charge in [-0.15, -0.1) is 0 Å². The van der Waals surface area contributed by atoms with Crippen LogP contribution >= 0.6 is 12.2 Å². The van der Waals surface area contributed by atoms with Crippen molar-refractivity contribution in [3.05, 3.63) is 59.7 Å². The van der Waals surface area contributed by atoms with Crippen LogP contribution in [0.25, 0.3) is 0 Å². The number of thiocarbonyl (C=S) groups is 1. The summed E-state index contributed by atoms with van der Waals surface area (Å²) in [5, 5.41) is 0. The monoisotopic (exact) mass is 367 g/mol. The molecule has 0 saturated carbocycles. The minimum atomic E-state index is 0.972. The Bertz CT molecular complexity index is 729. The van der Waals surface area contributed by atoms with E-state index >= 15 is 0 Å². The lowest BCUT2D eigenvalue weighted by atomic mass is 10.1. The van der Waals surface area contributed by atoms with Gasteiger partial charge in [-0.3, -0.25) is 0 Å². The van der Waals surface area contributed by atoms with Gasteiger partial charge in [0.2, 0.25) is 0 Å². The average Bonchev–Trinajstić information content (AvgIpc) is 2.69. The summed E-state index contributed by atoms with van der Waals surface area (Å²) >= 11 is 5.78. The quantitative estimate of drug-likeness (QED) is 0.727. The number of aryl methyl sites for hydroxylation is 1. The molecule has 1 saturated heterocycles. The highest BCUT2D eigenvalue weighted by atomic mass is 32.1. The number of rotatable bonds is 5. The second-order valence-electron chi connectivity index (χ2n) is 6.84. The molecule has 0 unspecified atom stereocenters. The molecule has 3 rings (SSSR count). The molecule has 138 valence electrons. The van der Waals surface area contributed by atoms with Crippen LogP contribution in [-0.2, 0) is 0 Å². The fourth-order valence-corrected chi connectivity index (χ4v) is 3.90. The molecule has 4 heteroatoms. The number of hydrogen-bond acceptors (Lipinski definition) is 3. The first-order valence-electron chi connectivity index (χ1n) is 9.58. The minimum absolute atomic E-state index is 0.972. The lowest BCUT2D eigenvalue weighted by Gasteiger charge is -2.37. The molecular formula is C22H29N3S. The summed E-state index contributed by atoms with van der Waals surface area (Å²) in [4.78, 5) is 8.12. The van der Waals surface area contributed by atoms with E-state index in [1.807, 2.05) is 0 Å². The molecule has 0 amide bonds. The van der Waals surface area contributed by atoms with E-state index in [0.29, 0.717) is 0 Å². The number of benzene rings is 2. The normalized spacial score (nSPS) is 14.4. The molecule has 0 N–H and O–H groups in total. The summed E-state index contributed by atoms with van der Waals surface area (Å²) in [5.41, 5.74) is 5.05. The fraction of sp³-hybridized carbons (Fsp3) is 0.409. The van der Waals surface area contributed by atoms with Gasteiger partial charge in [-0.2, -0.15) is 0 Å². The fourth-order valence-electron chi connectivity index (χ4n) is 3.58. The van der Waals surface area contributed by atoms with Gasteiger partial charge in [0.05, 0.1) is 0 Å². The molecule has 2 aromatic rings. The summed E-state index contributed by atoms with van der Waals surface area (Å²) in [5.74, 6) is 0. The van der Waals surface area contributed by atoms with Gasteiger partial charge in [0.15, 0.2) is 0 Å². The van der Waals surface area contributed by atoms with E-state index in [9.17, 15) is 0 Å². The number of piperazine rings is 1. The molecule has 2 aromatic carbocycles. The first kappa shape index (κ1) is 18.7. The summed E-state index contributed by atoms with van der Waals surface area (Å²) in [6, 6.07) is 17.5. The van der Waals surface area contributed by atoms with Crippen LogP contribution in [0.1, 0.15) is 25.0 Å². The van der Waals surface area contributed by atoms with Crippen LogP contribution < -0.4 is 9.80 Å². The van der Waals surface area contributed by atoms with Crippen molar-refractivity contribution < 1.29 is 0 Å². The van der Waals surface area contributed by atoms with Gasteiger partial charge in [-0.25, -0.2) is 0 Å². The molecule has 1 aliphatic rings. The van der Waals surface area contributed by atoms with Crippen molar-refractivity contribution in [3.8, 4) is 0 Å². The lowest BCUT2D eigenvalue weighted by Crippen LogP contribution is -2.48. The lowest BCUT2D eigenvalue weighted by molar-refractivity contribution is 0.392. The highest BCUT2D eigenvalue weighted by Gasteiger charge is 2.20. The molecule has 3 nitrogen and oxygen atoms in total. The number of anilines is 2. The Balaban J connectivity index is 1.61. The molecular weight excluding hydrogens is 338 g/mol. The molecule has 0 bridgehead atoms. The maximum absolute atomic E-state index is 5.78. The Morgan fingerprint density at radius 3 is 2.19 bits per heavy atom. The standard InChI is InChI=1S/C22H29N3S/c1-4-23(5-2)20-11-9-19(10-12-20)22(26)25-15-13-24(14-16-25)21-8-6-7-18(3)17-21/h6-12,17H,4-5,13-16H2,1-3H3. The van der Waals surface area contributed by atoms with Gasteiger partial charge in [0.25, 0.3) is 0 Å². The van der Waals surface area contributed by atoms with Crippen molar-refractivity contribution in [1.29, 1.82) is 0 Å². The molecule has 1 aliphatic heterocycles. The van der Waals surface area contributed by atoms with Crippen molar-refractivity contribution in [3.63, 3.8) is 0 Å². The van der Waals surface area contributed by atoms with Crippen molar-refractivity contribution in [1.82, 2.24) is 4.90 Å². The topological polar surface area (TPSA) is 9.72 Å². The van der Waals surface area contributed by atoms with E-state index < -0.39 is 0 Å². The maximum atomic E-state index is 5.78. The summed E-state index contributed by atoms with van der Waals surface area (Å²) in [6.07, 6.45) is 0. The summed E-state index contributed by atoms with van der Waals surface area (Å²) < 4.78 is 0. The van der Waals surface area contributed by atoms with Crippen LogP contribution in [0.2, 0.25) is 0 Å². The number of hydrogen-bond donors (Lipinski definition) is 0. The first-order valence-corrected chi connectivity index (χ1v) is 9.99. The molecule has 0 aliphatic carbocycles. The molecule has 1 heterocycles. The van der Waals surface area contributed by atoms with Crippen molar-refractivity contribution in [2.45, 2.75) is 20.8 Å². The van der Waals surface area contributed by atoms with E-state index in [0.717, 1.165) is 49.8 Å². The third kappa shape index (κ3) is 4.18. The molecule has 0 aromatic heterocycles. The van der Waals surface area contributed by atoms with Crippen LogP contribution in [-0.4, -0.2) is 49.2 Å². The van der Waals surface area contributed by atoms with E-state index in [2.05, 4.69) is 84.0 Å². The largest absolute Gasteiger partial charge is 0.372 e. The zero-order valence-corrected chi connectivity index (χ0v) is 16.9. The van der Waals surface area contributed by atoms with Gasteiger partial charge >= 0.3 is 0 Å². The Hall–Kier alpha value is -2.07. The zero-order valence-electron chi connectivity index (χ0n) is 16.1. The highest BCUT2D eigenvalue weighted by Crippen LogP contribution is 2.20. The van der Waals surface area contributed by atoms with Gasteiger partial charge in [-0.1, -0.05) is 24.4 Å². The van der Waals surface area contributed by atoms with Crippen LogP contribution in [0.3, 0.4) is 0 Å². The van der Waals surface area contributed by atoms with E-state index in [-0.39, 0.29) is 0 Å². The average molecular weight is 368 g/mol. The Morgan fingerprint density at radius 2 is 1.62 bits per heavy atom. The molecule has 0 radical (unpaired) electrons. The molecule has 0 spiro atoms. The molecule has 0 atom stereocenters. The third-order valence-corrected chi connectivity index (χ3v) is 5.67. The van der Waals surface area contributed by atoms with Crippen LogP contribution in [0.5, 0.6) is 0 Å². The molecule has 26 heavy (non-hydrogen) atoms. The van der Waals surface area contributed by atoms with Crippen LogP contribution in [0.4, 0.5) is 11.4 Å². The van der Waals surface area contributed by atoms with E-state index in [1.54, 1.807) is 0 Å².